The maximum absolute atomic E-state index is 13.1. The van der Waals surface area contributed by atoms with Crippen LogP contribution in [0.3, 0.4) is 0 Å². The van der Waals surface area contributed by atoms with Crippen molar-refractivity contribution in [2.75, 3.05) is 0 Å². The summed E-state index contributed by atoms with van der Waals surface area (Å²) in [5, 5.41) is 43.5. The van der Waals surface area contributed by atoms with Crippen molar-refractivity contribution >= 4 is 53.6 Å². The molecule has 1 aliphatic rings. The first-order valence-corrected chi connectivity index (χ1v) is 21.5. The van der Waals surface area contributed by atoms with Crippen molar-refractivity contribution in [2.24, 2.45) is 0 Å². The first-order chi connectivity index (χ1) is 30.1. The second-order valence-electron chi connectivity index (χ2n) is 13.8. The minimum Gasteiger partial charge on any atom is -0.619 e. The molecule has 20 nitrogen and oxygen atoms in total. The molecule has 316 valence electrons. The molecule has 2 N–H and O–H groups in total. The van der Waals surface area contributed by atoms with Crippen molar-refractivity contribution in [3.05, 3.63) is 176 Å². The Morgan fingerprint density at radius 1 is 0.635 bits per heavy atom. The summed E-state index contributed by atoms with van der Waals surface area (Å²) in [6.07, 6.45) is 8.81. The molecule has 1 fully saturated rings. The highest BCUT2D eigenvalue weighted by Crippen LogP contribution is 2.25. The molecule has 22 heteroatoms. The van der Waals surface area contributed by atoms with Crippen LogP contribution in [0.25, 0.3) is 33.4 Å². The molecule has 1 saturated carbocycles. The predicted octanol–water partition coefficient (Wildman–Crippen LogP) is 2.08. The van der Waals surface area contributed by atoms with Crippen LogP contribution in [0.15, 0.2) is 163 Å². The number of nitrogens with zero attached hydrogens (tertiary/aromatic N) is 8. The van der Waals surface area contributed by atoms with Gasteiger partial charge in [0.05, 0.1) is 31.9 Å². The molecule has 0 atom stereocenters. The third-order valence-corrected chi connectivity index (χ3v) is 13.0. The summed E-state index contributed by atoms with van der Waals surface area (Å²) in [6.45, 7) is 0. The molecule has 0 radical (unpaired) electrons. The minimum absolute atomic E-state index is 0.0219. The molecule has 2 aromatic carbocycles. The van der Waals surface area contributed by atoms with Crippen LogP contribution in [0, 0.1) is 10.4 Å². The minimum atomic E-state index is -4.04. The van der Waals surface area contributed by atoms with Crippen molar-refractivity contribution in [2.45, 2.75) is 38.5 Å². The normalized spacial score (nSPS) is 12.6. The number of hydrogen-bond donors (Lipinski definition) is 2. The molecular weight excluding hydrogens is 859 g/mol. The average Bonchev–Trinajstić information content (AvgIpc) is 4.11. The summed E-state index contributed by atoms with van der Waals surface area (Å²) in [4.78, 5) is 57.1. The van der Waals surface area contributed by atoms with E-state index >= 15 is 0 Å². The van der Waals surface area contributed by atoms with E-state index in [0.717, 1.165) is 36.1 Å². The van der Waals surface area contributed by atoms with E-state index in [9.17, 15) is 51.5 Å². The third-order valence-electron chi connectivity index (χ3n) is 9.49. The number of aromatic carboxylic acids is 1. The van der Waals surface area contributed by atoms with Gasteiger partial charge < -0.3 is 20.8 Å². The van der Waals surface area contributed by atoms with Crippen LogP contribution in [-0.2, 0) is 19.7 Å². The fraction of sp³-hybridized carbons (Fsp3) is 0.0732. The monoisotopic (exact) mass is 887 g/mol. The quantitative estimate of drug-likeness (QED) is 0.155. The molecule has 0 aliphatic heterocycles. The van der Waals surface area contributed by atoms with Gasteiger partial charge in [-0.1, -0.05) is 12.1 Å². The van der Waals surface area contributed by atoms with E-state index in [4.69, 9.17) is 0 Å². The molecule has 0 bridgehead atoms. The maximum atomic E-state index is 13.1. The molecule has 0 unspecified atom stereocenters. The first-order valence-electron chi connectivity index (χ1n) is 18.5. The van der Waals surface area contributed by atoms with Crippen LogP contribution < -0.4 is 25.6 Å². The highest BCUT2D eigenvalue weighted by molar-refractivity contribution is 7.91. The summed E-state index contributed by atoms with van der Waals surface area (Å²) in [5.41, 5.74) is -1.67. The van der Waals surface area contributed by atoms with Gasteiger partial charge in [-0.25, -0.2) is 41.0 Å². The molecule has 1 amide bonds. The molecule has 6 aromatic heterocycles. The maximum Gasteiger partial charge on any atom is 0.360 e. The van der Waals surface area contributed by atoms with Crippen molar-refractivity contribution in [1.29, 1.82) is 0 Å². The molecule has 6 heterocycles. The van der Waals surface area contributed by atoms with Crippen molar-refractivity contribution in [1.82, 2.24) is 34.8 Å². The van der Waals surface area contributed by atoms with E-state index in [2.05, 4.69) is 25.5 Å². The number of hydrogen-bond acceptors (Lipinski definition) is 14. The van der Waals surface area contributed by atoms with Gasteiger partial charge in [0.15, 0.2) is 41.8 Å². The molecule has 9 rings (SSSR count). The molecule has 8 aromatic rings. The van der Waals surface area contributed by atoms with Crippen molar-refractivity contribution < 1.29 is 41.0 Å². The summed E-state index contributed by atoms with van der Waals surface area (Å²) < 4.78 is 55.1. The van der Waals surface area contributed by atoms with Crippen LogP contribution in [-0.4, -0.2) is 69.4 Å². The van der Waals surface area contributed by atoms with Gasteiger partial charge in [-0.15, -0.1) is 0 Å². The average molecular weight is 888 g/mol. The predicted molar refractivity (Wildman–Crippen MR) is 219 cm³/mol. The lowest BCUT2D eigenvalue weighted by atomic mass is 10.2. The number of carboxylic acid groups (broad SMARTS) is 1. The molecule has 1 aliphatic carbocycles. The number of nitrogens with one attached hydrogen (secondary N) is 1. The summed E-state index contributed by atoms with van der Waals surface area (Å²) >= 11 is 0. The number of pyridine rings is 4. The largest absolute Gasteiger partial charge is 0.619 e. The smallest absolute Gasteiger partial charge is 0.360 e. The van der Waals surface area contributed by atoms with Gasteiger partial charge in [-0.2, -0.15) is 19.7 Å². The Balaban J connectivity index is 0.000000174. The number of carboxylic acids is 1. The zero-order valence-electron chi connectivity index (χ0n) is 32.1. The zero-order valence-corrected chi connectivity index (χ0v) is 33.8. The fourth-order valence-corrected chi connectivity index (χ4v) is 8.89. The number of aromatic nitrogens is 8. The molecule has 0 spiro atoms. The van der Waals surface area contributed by atoms with Crippen LogP contribution in [0.4, 0.5) is 0 Å². The third kappa shape index (κ3) is 8.17. The highest BCUT2D eigenvalue weighted by atomic mass is 32.2. The van der Waals surface area contributed by atoms with Gasteiger partial charge in [0.2, 0.25) is 36.2 Å². The second-order valence-corrected chi connectivity index (χ2v) is 17.7. The fourth-order valence-electron chi connectivity index (χ4n) is 6.28. The zero-order chi connectivity index (χ0) is 44.6. The van der Waals surface area contributed by atoms with Crippen LogP contribution in [0.2, 0.25) is 0 Å². The van der Waals surface area contributed by atoms with Crippen LogP contribution >= 0.6 is 0 Å². The topological polar surface area (TPSA) is 284 Å². The van der Waals surface area contributed by atoms with E-state index in [1.165, 1.54) is 108 Å². The lowest BCUT2D eigenvalue weighted by Gasteiger charge is -2.12. The Bertz CT molecular complexity index is 3520. The Morgan fingerprint density at radius 3 is 1.52 bits per heavy atom. The Kier molecular flexibility index (Phi) is 10.7. The highest BCUT2D eigenvalue weighted by Gasteiger charge is 2.28. The standard InChI is InChI=1S/C22H17N5O5S.C19H12N4O6S/c28-20-18-7-2-10-23-21(18)27(25-19(20)22(29)24-14-8-9-14)15-4-1-5-16(12-15)33(31,32)17-6-3-11-26(30)13-17;24-17-15-7-2-8-20-18(15)23(21-16(17)19(25)26)12-4-1-5-13(10-12)30(28,29)14-6-3-9-22(27)11-14/h1-7,10-14H,8-9H2,(H,24,29);1-11H,(H,25,26). The van der Waals surface area contributed by atoms with Gasteiger partial charge in [0.25, 0.3) is 5.91 Å². The number of carbonyl (C=O) groups excluding carboxylic acids is 1. The van der Waals surface area contributed by atoms with E-state index in [1.807, 2.05) is 0 Å². The summed E-state index contributed by atoms with van der Waals surface area (Å²) in [5.74, 6) is -2.11. The van der Waals surface area contributed by atoms with Gasteiger partial charge in [-0.05, 0) is 85.6 Å². The van der Waals surface area contributed by atoms with Gasteiger partial charge in [0.1, 0.15) is 9.79 Å². The van der Waals surface area contributed by atoms with Crippen molar-refractivity contribution in [3.8, 4) is 11.4 Å². The Labute approximate surface area is 354 Å². The number of carbonyl (C=O) groups is 2. The van der Waals surface area contributed by atoms with Gasteiger partial charge in [0, 0.05) is 30.6 Å². The lowest BCUT2D eigenvalue weighted by molar-refractivity contribution is -0.607. The van der Waals surface area contributed by atoms with Gasteiger partial charge in [-0.3, -0.25) is 14.4 Å². The SMILES string of the molecule is O=C(NC1CC1)c1nn(-c2cccc(S(=O)(=O)c3ccc[n+]([O-])c3)c2)c2ncccc2c1=O.O=C(O)c1nn(-c2cccc(S(=O)(=O)c3ccc[n+]([O-])c3)c2)c2ncccc2c1=O. The second kappa shape index (κ2) is 16.3. The number of amides is 1. The van der Waals surface area contributed by atoms with E-state index in [-0.39, 0.29) is 64.8 Å². The van der Waals surface area contributed by atoms with Gasteiger partial charge >= 0.3 is 5.97 Å². The number of benzene rings is 2. The van der Waals surface area contributed by atoms with E-state index in [1.54, 1.807) is 12.1 Å². The Hall–Kier alpha value is -8.24. The molecular formula is C41H29N9O11S2. The van der Waals surface area contributed by atoms with E-state index < -0.39 is 48.1 Å². The Morgan fingerprint density at radius 2 is 1.08 bits per heavy atom. The van der Waals surface area contributed by atoms with Crippen molar-refractivity contribution in [3.63, 3.8) is 0 Å². The summed E-state index contributed by atoms with van der Waals surface area (Å²) in [6, 6.07) is 22.6. The first kappa shape index (κ1) is 41.5. The number of rotatable bonds is 9. The van der Waals surface area contributed by atoms with Crippen LogP contribution in [0.5, 0.6) is 0 Å². The van der Waals surface area contributed by atoms with Crippen LogP contribution in [0.1, 0.15) is 33.8 Å². The summed E-state index contributed by atoms with van der Waals surface area (Å²) in [7, 11) is -8.05. The number of fused-ring (bicyclic) bond motifs is 2. The molecule has 63 heavy (non-hydrogen) atoms. The van der Waals surface area contributed by atoms with E-state index in [0.29, 0.717) is 9.46 Å². The lowest BCUT2D eigenvalue weighted by Crippen LogP contribution is -2.33. The molecule has 0 saturated heterocycles. The number of sulfone groups is 2.